The minimum absolute atomic E-state index is 0.0784. The SMILES string of the molecule is [2H]c1c([2H])c([2H])c2c(c1[2H])c1cc(-c3ccc(-c4ccccc4)cc3)ccc1n2-c1cccc(-c2nc(-c3ccccc3)nc(-c3ccc(-c4ccccc4)cc3)n2)c1. The van der Waals surface area contributed by atoms with Crippen molar-refractivity contribution in [2.75, 3.05) is 0 Å². The molecule has 0 aliphatic heterocycles. The van der Waals surface area contributed by atoms with Gasteiger partial charge < -0.3 is 4.57 Å². The first-order chi connectivity index (χ1) is 28.9. The fourth-order valence-electron chi connectivity index (χ4n) is 7.23. The summed E-state index contributed by atoms with van der Waals surface area (Å²) in [5, 5.41) is 1.20. The predicted molar refractivity (Wildman–Crippen MR) is 227 cm³/mol. The number of hydrogen-bond donors (Lipinski definition) is 0. The molecular formula is C51H34N4. The molecule has 0 saturated heterocycles. The van der Waals surface area contributed by atoms with Gasteiger partial charge in [0.15, 0.2) is 17.5 Å². The first-order valence-electron chi connectivity index (χ1n) is 20.2. The second-order valence-electron chi connectivity index (χ2n) is 13.4. The number of benzene rings is 8. The third kappa shape index (κ3) is 6.16. The maximum atomic E-state index is 9.16. The van der Waals surface area contributed by atoms with Crippen LogP contribution in [0.4, 0.5) is 0 Å². The molecule has 0 aliphatic rings. The Labute approximate surface area is 325 Å². The molecule has 0 N–H and O–H groups in total. The summed E-state index contributed by atoms with van der Waals surface area (Å²) in [5.74, 6) is 1.55. The van der Waals surface area contributed by atoms with Crippen molar-refractivity contribution in [3.05, 3.63) is 206 Å². The number of nitrogens with zero attached hydrogens (tertiary/aromatic N) is 4. The van der Waals surface area contributed by atoms with E-state index < -0.39 is 0 Å². The van der Waals surface area contributed by atoms with Crippen LogP contribution in [0.15, 0.2) is 206 Å². The summed E-state index contributed by atoms with van der Waals surface area (Å²) >= 11 is 0. The highest BCUT2D eigenvalue weighted by Crippen LogP contribution is 2.36. The molecule has 0 fully saturated rings. The van der Waals surface area contributed by atoms with Crippen molar-refractivity contribution >= 4 is 21.8 Å². The summed E-state index contributed by atoms with van der Waals surface area (Å²) in [5.41, 5.74) is 10.7. The average molecular weight is 707 g/mol. The van der Waals surface area contributed by atoms with Crippen LogP contribution in [0.25, 0.3) is 95.0 Å². The van der Waals surface area contributed by atoms with E-state index in [1.165, 1.54) is 0 Å². The molecule has 2 aromatic heterocycles. The zero-order valence-corrected chi connectivity index (χ0v) is 29.6. The Morgan fingerprint density at radius 2 is 0.764 bits per heavy atom. The molecule has 0 saturated carbocycles. The summed E-state index contributed by atoms with van der Waals surface area (Å²) in [7, 11) is 0. The van der Waals surface area contributed by atoms with E-state index in [2.05, 4.69) is 60.7 Å². The first-order valence-corrected chi connectivity index (χ1v) is 18.2. The zero-order chi connectivity index (χ0) is 40.0. The van der Waals surface area contributed by atoms with Crippen molar-refractivity contribution in [2.24, 2.45) is 0 Å². The van der Waals surface area contributed by atoms with Gasteiger partial charge in [0.05, 0.1) is 16.5 Å². The molecule has 0 amide bonds. The van der Waals surface area contributed by atoms with Crippen molar-refractivity contribution in [3.63, 3.8) is 0 Å². The lowest BCUT2D eigenvalue weighted by Gasteiger charge is -2.12. The minimum Gasteiger partial charge on any atom is -0.309 e. The molecule has 258 valence electrons. The quantitative estimate of drug-likeness (QED) is 0.166. The van der Waals surface area contributed by atoms with Gasteiger partial charge in [-0.3, -0.25) is 0 Å². The Kier molecular flexibility index (Phi) is 7.08. The molecule has 4 heteroatoms. The van der Waals surface area contributed by atoms with Crippen LogP contribution in [-0.4, -0.2) is 19.5 Å². The average Bonchev–Trinajstić information content (AvgIpc) is 3.66. The summed E-state index contributed by atoms with van der Waals surface area (Å²) in [4.78, 5) is 14.9. The lowest BCUT2D eigenvalue weighted by molar-refractivity contribution is 1.07. The first kappa shape index (κ1) is 28.1. The summed E-state index contributed by atoms with van der Waals surface area (Å²) in [6, 6.07) is 60.1. The summed E-state index contributed by atoms with van der Waals surface area (Å²) in [6.45, 7) is 0. The van der Waals surface area contributed by atoms with Gasteiger partial charge in [0.2, 0.25) is 0 Å². The normalized spacial score (nSPS) is 12.3. The van der Waals surface area contributed by atoms with Crippen LogP contribution in [0, 0.1) is 0 Å². The maximum Gasteiger partial charge on any atom is 0.164 e. The van der Waals surface area contributed by atoms with Gasteiger partial charge in [0.25, 0.3) is 0 Å². The topological polar surface area (TPSA) is 43.6 Å². The van der Waals surface area contributed by atoms with Crippen molar-refractivity contribution in [3.8, 4) is 73.2 Å². The lowest BCUT2D eigenvalue weighted by Crippen LogP contribution is -2.01. The minimum atomic E-state index is -0.285. The van der Waals surface area contributed by atoms with Gasteiger partial charge >= 0.3 is 0 Å². The number of para-hydroxylation sites is 1. The van der Waals surface area contributed by atoms with E-state index in [9.17, 15) is 0 Å². The van der Waals surface area contributed by atoms with Crippen LogP contribution < -0.4 is 0 Å². The highest BCUT2D eigenvalue weighted by Gasteiger charge is 2.16. The van der Waals surface area contributed by atoms with Crippen molar-refractivity contribution in [1.29, 1.82) is 0 Å². The highest BCUT2D eigenvalue weighted by atomic mass is 15.0. The predicted octanol–water partition coefficient (Wildman–Crippen LogP) is 13.0. The summed E-state index contributed by atoms with van der Waals surface area (Å²) in [6.07, 6.45) is 0. The van der Waals surface area contributed by atoms with Crippen molar-refractivity contribution in [2.45, 2.75) is 0 Å². The van der Waals surface area contributed by atoms with E-state index in [0.717, 1.165) is 61.0 Å². The van der Waals surface area contributed by atoms with Gasteiger partial charge in [-0.1, -0.05) is 176 Å². The van der Waals surface area contributed by atoms with Crippen molar-refractivity contribution < 1.29 is 5.48 Å². The largest absolute Gasteiger partial charge is 0.309 e. The molecule has 0 atom stereocenters. The zero-order valence-electron chi connectivity index (χ0n) is 33.6. The van der Waals surface area contributed by atoms with E-state index in [0.29, 0.717) is 34.1 Å². The second kappa shape index (κ2) is 13.8. The van der Waals surface area contributed by atoms with E-state index in [1.54, 1.807) is 0 Å². The Morgan fingerprint density at radius 1 is 0.327 bits per heavy atom. The van der Waals surface area contributed by atoms with Gasteiger partial charge in [0.1, 0.15) is 0 Å². The monoisotopic (exact) mass is 706 g/mol. The third-order valence-electron chi connectivity index (χ3n) is 10.0. The molecule has 0 aliphatic carbocycles. The van der Waals surface area contributed by atoms with E-state index in [-0.39, 0.29) is 24.2 Å². The van der Waals surface area contributed by atoms with Gasteiger partial charge in [0, 0.05) is 33.2 Å². The number of hydrogen-bond acceptors (Lipinski definition) is 3. The van der Waals surface area contributed by atoms with Crippen LogP contribution in [0.3, 0.4) is 0 Å². The molecule has 2 heterocycles. The fraction of sp³-hybridized carbons (Fsp3) is 0. The molecule has 0 spiro atoms. The van der Waals surface area contributed by atoms with E-state index in [4.69, 9.17) is 20.4 Å². The number of rotatable bonds is 7. The third-order valence-corrected chi connectivity index (χ3v) is 10.0. The molecular weight excluding hydrogens is 669 g/mol. The molecule has 10 aromatic rings. The smallest absolute Gasteiger partial charge is 0.164 e. The van der Waals surface area contributed by atoms with Gasteiger partial charge in [-0.2, -0.15) is 0 Å². The maximum absolute atomic E-state index is 9.16. The Hall–Kier alpha value is -7.43. The Balaban J connectivity index is 1.12. The van der Waals surface area contributed by atoms with E-state index in [1.807, 2.05) is 126 Å². The molecule has 55 heavy (non-hydrogen) atoms. The van der Waals surface area contributed by atoms with E-state index >= 15 is 0 Å². The summed E-state index contributed by atoms with van der Waals surface area (Å²) < 4.78 is 37.5. The highest BCUT2D eigenvalue weighted by molar-refractivity contribution is 6.10. The van der Waals surface area contributed by atoms with Crippen LogP contribution in [-0.2, 0) is 0 Å². The van der Waals surface area contributed by atoms with Gasteiger partial charge in [-0.15, -0.1) is 0 Å². The number of fused-ring (bicyclic) bond motifs is 3. The Morgan fingerprint density at radius 3 is 1.36 bits per heavy atom. The van der Waals surface area contributed by atoms with Crippen LogP contribution in [0.1, 0.15) is 5.48 Å². The Bertz CT molecular complexity index is 3170. The molecule has 0 radical (unpaired) electrons. The standard InChI is InChI=1S/C51H34N4/c1-4-13-35(14-5-1)37-23-25-39(26-24-37)42-31-32-48-46(34-42)45-21-10-11-22-47(45)55(48)44-20-12-19-43(33-44)51-53-49(40-17-8-3-9-18-40)52-50(54-51)41-29-27-38(28-30-41)36-15-6-2-7-16-36/h1-34H/i10D,11D,21D,22D. The van der Waals surface area contributed by atoms with Gasteiger partial charge in [-0.25, -0.2) is 15.0 Å². The van der Waals surface area contributed by atoms with Gasteiger partial charge in [-0.05, 0) is 63.7 Å². The second-order valence-corrected chi connectivity index (χ2v) is 13.4. The molecule has 8 aromatic carbocycles. The molecule has 0 unspecified atom stereocenters. The molecule has 0 bridgehead atoms. The fourth-order valence-corrected chi connectivity index (χ4v) is 7.23. The molecule has 10 rings (SSSR count). The lowest BCUT2D eigenvalue weighted by atomic mass is 9.99. The molecule has 4 nitrogen and oxygen atoms in total. The van der Waals surface area contributed by atoms with Crippen LogP contribution in [0.2, 0.25) is 0 Å². The van der Waals surface area contributed by atoms with Crippen molar-refractivity contribution in [1.82, 2.24) is 19.5 Å². The van der Waals surface area contributed by atoms with Crippen LogP contribution in [0.5, 0.6) is 0 Å². The number of aromatic nitrogens is 4. The van der Waals surface area contributed by atoms with Crippen LogP contribution >= 0.6 is 0 Å².